The van der Waals surface area contributed by atoms with E-state index in [-0.39, 0.29) is 12.2 Å². The van der Waals surface area contributed by atoms with Gasteiger partial charge in [0.15, 0.2) is 0 Å². The number of benzene rings is 1. The third-order valence-corrected chi connectivity index (χ3v) is 3.89. The zero-order valence-electron chi connectivity index (χ0n) is 16.6. The highest BCUT2D eigenvalue weighted by Gasteiger charge is 2.31. The van der Waals surface area contributed by atoms with Crippen LogP contribution in [-0.2, 0) is 0 Å². The quantitative estimate of drug-likeness (QED) is 0.718. The number of aromatic nitrogens is 1. The molecule has 27 heavy (non-hydrogen) atoms. The van der Waals surface area contributed by atoms with Crippen LogP contribution in [0, 0.1) is 5.41 Å². The van der Waals surface area contributed by atoms with Gasteiger partial charge in [-0.3, -0.25) is 4.98 Å². The lowest BCUT2D eigenvalue weighted by Crippen LogP contribution is -2.36. The number of ether oxygens (including phenoxy) is 2. The second kappa shape index (κ2) is 8.55. The molecule has 0 saturated carbocycles. The Labute approximate surface area is 161 Å². The van der Waals surface area contributed by atoms with Gasteiger partial charge in [0, 0.05) is 17.8 Å². The highest BCUT2D eigenvalue weighted by molar-refractivity contribution is 5.52. The van der Waals surface area contributed by atoms with Gasteiger partial charge in [-0.2, -0.15) is 0 Å². The van der Waals surface area contributed by atoms with Crippen LogP contribution in [0.3, 0.4) is 0 Å². The Balaban J connectivity index is 2.28. The number of hydrogen-bond donors (Lipinski definition) is 2. The Bertz CT molecular complexity index is 746. The van der Waals surface area contributed by atoms with E-state index >= 15 is 0 Å². The second-order valence-electron chi connectivity index (χ2n) is 8.17. The minimum atomic E-state index is -0.992. The fourth-order valence-corrected chi connectivity index (χ4v) is 2.33. The Morgan fingerprint density at radius 3 is 2.22 bits per heavy atom. The summed E-state index contributed by atoms with van der Waals surface area (Å²) < 4.78 is 11.8. The monoisotopic (exact) mass is 371 g/mol. The van der Waals surface area contributed by atoms with E-state index in [0.29, 0.717) is 11.5 Å². The van der Waals surface area contributed by atoms with Crippen LogP contribution in [0.5, 0.6) is 11.5 Å². The van der Waals surface area contributed by atoms with Crippen molar-refractivity contribution in [1.29, 1.82) is 0 Å². The molecule has 0 aliphatic carbocycles. The predicted octanol–water partition coefficient (Wildman–Crippen LogP) is 4.06. The molecule has 146 valence electrons. The molecule has 0 aliphatic rings. The van der Waals surface area contributed by atoms with E-state index in [1.807, 2.05) is 45.0 Å². The molecular formula is C22H29NO4. The van der Waals surface area contributed by atoms with Gasteiger partial charge in [-0.15, -0.1) is 0 Å². The molecule has 0 saturated heterocycles. The summed E-state index contributed by atoms with van der Waals surface area (Å²) in [6, 6.07) is 10.9. The molecule has 0 bridgehead atoms. The first-order valence-electron chi connectivity index (χ1n) is 8.98. The molecule has 1 aromatic heterocycles. The van der Waals surface area contributed by atoms with E-state index in [1.54, 1.807) is 44.4 Å². The van der Waals surface area contributed by atoms with E-state index in [4.69, 9.17) is 9.47 Å². The van der Waals surface area contributed by atoms with Gasteiger partial charge < -0.3 is 19.7 Å². The zero-order chi connectivity index (χ0) is 20.1. The van der Waals surface area contributed by atoms with Gasteiger partial charge in [-0.05, 0) is 62.7 Å². The van der Waals surface area contributed by atoms with Crippen molar-refractivity contribution in [3.8, 4) is 11.5 Å². The number of pyridine rings is 1. The van der Waals surface area contributed by atoms with Crippen molar-refractivity contribution < 1.29 is 19.7 Å². The summed E-state index contributed by atoms with van der Waals surface area (Å²) in [6.07, 6.45) is 4.10. The van der Waals surface area contributed by atoms with Crippen LogP contribution in [0.15, 0.2) is 54.6 Å². The van der Waals surface area contributed by atoms with Gasteiger partial charge in [-0.1, -0.05) is 19.9 Å². The molecular weight excluding hydrogens is 342 g/mol. The van der Waals surface area contributed by atoms with Crippen molar-refractivity contribution in [3.05, 3.63) is 60.1 Å². The minimum absolute atomic E-state index is 0.180. The van der Waals surface area contributed by atoms with Crippen LogP contribution in [0.4, 0.5) is 0 Å². The van der Waals surface area contributed by atoms with E-state index in [1.165, 1.54) is 0 Å². The van der Waals surface area contributed by atoms with Gasteiger partial charge in [-0.25, -0.2) is 0 Å². The summed E-state index contributed by atoms with van der Waals surface area (Å²) in [5, 5.41) is 20.4. The van der Waals surface area contributed by atoms with E-state index in [2.05, 4.69) is 4.98 Å². The Hall–Kier alpha value is -2.37. The van der Waals surface area contributed by atoms with Crippen LogP contribution in [0.25, 0.3) is 6.08 Å². The molecule has 0 radical (unpaired) electrons. The molecule has 1 aromatic carbocycles. The Kier molecular flexibility index (Phi) is 6.63. The van der Waals surface area contributed by atoms with Crippen LogP contribution in [0.1, 0.15) is 40.2 Å². The molecule has 2 N–H and O–H groups in total. The summed E-state index contributed by atoms with van der Waals surface area (Å²) in [6.45, 7) is 9.33. The first kappa shape index (κ1) is 20.9. The summed E-state index contributed by atoms with van der Waals surface area (Å²) in [5.74, 6) is 1.65. The summed E-state index contributed by atoms with van der Waals surface area (Å²) >= 11 is 0. The fourth-order valence-electron chi connectivity index (χ4n) is 2.33. The lowest BCUT2D eigenvalue weighted by molar-refractivity contribution is 0.0117. The van der Waals surface area contributed by atoms with Gasteiger partial charge in [0.1, 0.15) is 29.0 Å². The number of hydrogen-bond acceptors (Lipinski definition) is 5. The lowest BCUT2D eigenvalue weighted by Gasteiger charge is -2.30. The van der Waals surface area contributed by atoms with Crippen molar-refractivity contribution in [3.63, 3.8) is 0 Å². The van der Waals surface area contributed by atoms with Crippen LogP contribution < -0.4 is 9.47 Å². The summed E-state index contributed by atoms with van der Waals surface area (Å²) in [4.78, 5) is 4.08. The molecule has 1 atom stereocenters. The SMILES string of the molecule is CC(C)(C)Oc1ccc(O/C(=C/c2cccnc2)C(O)C(C)(C)CO)cc1. The maximum Gasteiger partial charge on any atom is 0.134 e. The van der Waals surface area contributed by atoms with Gasteiger partial charge in [0.25, 0.3) is 0 Å². The fraction of sp³-hybridized carbons (Fsp3) is 0.409. The molecule has 0 aliphatic heterocycles. The standard InChI is InChI=1S/C22H29NO4/c1-21(2,3)27-18-10-8-17(9-11-18)26-19(20(25)22(4,5)15-24)13-16-7-6-12-23-14-16/h6-14,20,24-25H,15H2,1-5H3/b19-13+. The molecule has 1 heterocycles. The van der Waals surface area contributed by atoms with E-state index in [0.717, 1.165) is 11.3 Å². The number of aliphatic hydroxyl groups is 2. The van der Waals surface area contributed by atoms with Gasteiger partial charge in [0.05, 0.1) is 6.61 Å². The Morgan fingerprint density at radius 1 is 1.07 bits per heavy atom. The topological polar surface area (TPSA) is 71.8 Å². The number of nitrogens with zero attached hydrogens (tertiary/aromatic N) is 1. The van der Waals surface area contributed by atoms with Crippen molar-refractivity contribution in [2.45, 2.75) is 46.3 Å². The summed E-state index contributed by atoms with van der Waals surface area (Å²) in [5.41, 5.74) is -0.244. The highest BCUT2D eigenvalue weighted by atomic mass is 16.5. The molecule has 0 spiro atoms. The number of rotatable bonds is 7. The molecule has 1 unspecified atom stereocenters. The zero-order valence-corrected chi connectivity index (χ0v) is 16.6. The third-order valence-electron chi connectivity index (χ3n) is 3.89. The van der Waals surface area contributed by atoms with Crippen molar-refractivity contribution in [1.82, 2.24) is 4.98 Å². The average Bonchev–Trinajstić information content (AvgIpc) is 2.61. The van der Waals surface area contributed by atoms with E-state index in [9.17, 15) is 10.2 Å². The Morgan fingerprint density at radius 2 is 1.70 bits per heavy atom. The third kappa shape index (κ3) is 6.38. The van der Waals surface area contributed by atoms with Crippen LogP contribution in [-0.4, -0.2) is 33.5 Å². The molecule has 0 fully saturated rings. The normalized spacial score (nSPS) is 14.0. The largest absolute Gasteiger partial charge is 0.488 e. The predicted molar refractivity (Wildman–Crippen MR) is 107 cm³/mol. The van der Waals surface area contributed by atoms with Crippen LogP contribution >= 0.6 is 0 Å². The maximum atomic E-state index is 10.8. The molecule has 2 rings (SSSR count). The first-order chi connectivity index (χ1) is 12.6. The number of aliphatic hydroxyl groups excluding tert-OH is 2. The highest BCUT2D eigenvalue weighted by Crippen LogP contribution is 2.30. The van der Waals surface area contributed by atoms with Gasteiger partial charge >= 0.3 is 0 Å². The molecule has 2 aromatic rings. The second-order valence-corrected chi connectivity index (χ2v) is 8.17. The first-order valence-corrected chi connectivity index (χ1v) is 8.98. The summed E-state index contributed by atoms with van der Waals surface area (Å²) in [7, 11) is 0. The van der Waals surface area contributed by atoms with Crippen LogP contribution in [0.2, 0.25) is 0 Å². The molecule has 5 nitrogen and oxygen atoms in total. The molecule has 0 amide bonds. The molecule has 5 heteroatoms. The van der Waals surface area contributed by atoms with E-state index < -0.39 is 11.5 Å². The van der Waals surface area contributed by atoms with Crippen molar-refractivity contribution >= 4 is 6.08 Å². The van der Waals surface area contributed by atoms with Gasteiger partial charge in [0.2, 0.25) is 0 Å². The minimum Gasteiger partial charge on any atom is -0.488 e. The maximum absolute atomic E-state index is 10.8. The smallest absolute Gasteiger partial charge is 0.134 e. The average molecular weight is 371 g/mol. The lowest BCUT2D eigenvalue weighted by atomic mass is 9.86. The van der Waals surface area contributed by atoms with Crippen molar-refractivity contribution in [2.75, 3.05) is 6.61 Å². The van der Waals surface area contributed by atoms with Crippen molar-refractivity contribution in [2.24, 2.45) is 5.41 Å².